The van der Waals surface area contributed by atoms with Gasteiger partial charge in [-0.1, -0.05) is 36.7 Å². The fourth-order valence-corrected chi connectivity index (χ4v) is 2.48. The maximum Gasteiger partial charge on any atom is 0.211 e. The van der Waals surface area contributed by atoms with Gasteiger partial charge in [0.25, 0.3) is 0 Å². The quantitative estimate of drug-likeness (QED) is 0.727. The van der Waals surface area contributed by atoms with E-state index in [0.717, 1.165) is 11.8 Å². The number of hydrogen-bond acceptors (Lipinski definition) is 2. The predicted octanol–water partition coefficient (Wildman–Crippen LogP) is 1.98. The molecule has 0 rings (SSSR count). The molecule has 1 N–H and O–H groups in total. The van der Waals surface area contributed by atoms with Crippen LogP contribution in [-0.4, -0.2) is 26.0 Å². The third-order valence-electron chi connectivity index (χ3n) is 1.88. The minimum atomic E-state index is -3.05. The highest BCUT2D eigenvalue weighted by molar-refractivity contribution is 9.09. The largest absolute Gasteiger partial charge is 0.215 e. The van der Waals surface area contributed by atoms with Crippen molar-refractivity contribution in [2.75, 3.05) is 17.6 Å². The van der Waals surface area contributed by atoms with Crippen LogP contribution in [0.3, 0.4) is 0 Å². The van der Waals surface area contributed by atoms with Crippen LogP contribution in [0.15, 0.2) is 0 Å². The molecule has 5 heteroatoms. The van der Waals surface area contributed by atoms with E-state index in [1.54, 1.807) is 0 Å². The molecule has 0 aromatic heterocycles. The number of nitrogens with one attached hydrogen (secondary N) is 1. The molecule has 1 unspecified atom stereocenters. The normalized spacial score (nSPS) is 14.6. The van der Waals surface area contributed by atoms with E-state index in [2.05, 4.69) is 20.7 Å². The van der Waals surface area contributed by atoms with E-state index < -0.39 is 10.0 Å². The highest BCUT2D eigenvalue weighted by Crippen LogP contribution is 2.03. The molecule has 0 saturated carbocycles. The highest BCUT2D eigenvalue weighted by Gasteiger charge is 2.11. The Morgan fingerprint density at radius 3 is 2.29 bits per heavy atom. The first-order chi connectivity index (χ1) is 6.37. The van der Waals surface area contributed by atoms with E-state index in [9.17, 15) is 8.42 Å². The molecule has 3 nitrogen and oxygen atoms in total. The number of rotatable bonds is 7. The minimum absolute atomic E-state index is 0.236. The van der Waals surface area contributed by atoms with Crippen molar-refractivity contribution < 1.29 is 8.42 Å². The van der Waals surface area contributed by atoms with Gasteiger partial charge in [-0.3, -0.25) is 0 Å². The lowest BCUT2D eigenvalue weighted by Gasteiger charge is -2.11. The second kappa shape index (κ2) is 6.80. The van der Waals surface area contributed by atoms with Crippen molar-refractivity contribution in [3.8, 4) is 0 Å². The molecule has 0 radical (unpaired) electrons. The smallest absolute Gasteiger partial charge is 0.211 e. The average Bonchev–Trinajstić information content (AvgIpc) is 2.11. The summed E-state index contributed by atoms with van der Waals surface area (Å²) >= 11 is 3.31. The van der Waals surface area contributed by atoms with E-state index >= 15 is 0 Å². The Labute approximate surface area is 95.8 Å². The molecule has 0 aliphatic rings. The standard InChI is InChI=1S/C9H20BrNO2S/c1-8(2)4-5-14(12,13)11-7-9(3)6-10/h8-9,11H,4-7H2,1-3H3. The predicted molar refractivity (Wildman–Crippen MR) is 64.2 cm³/mol. The van der Waals surface area contributed by atoms with Crippen LogP contribution in [0.25, 0.3) is 0 Å². The molecule has 0 aromatic rings. The van der Waals surface area contributed by atoms with Crippen LogP contribution in [0.2, 0.25) is 0 Å². The van der Waals surface area contributed by atoms with Gasteiger partial charge in [0.1, 0.15) is 0 Å². The number of alkyl halides is 1. The van der Waals surface area contributed by atoms with E-state index in [1.807, 2.05) is 20.8 Å². The van der Waals surface area contributed by atoms with Gasteiger partial charge in [-0.05, 0) is 18.3 Å². The summed E-state index contributed by atoms with van der Waals surface area (Å²) in [5, 5.41) is 0.819. The Balaban J connectivity index is 3.84. The lowest BCUT2D eigenvalue weighted by atomic mass is 10.2. The summed E-state index contributed by atoms with van der Waals surface area (Å²) in [6.45, 7) is 6.57. The molecule has 0 spiro atoms. The molecule has 0 bridgehead atoms. The maximum absolute atomic E-state index is 11.4. The molecule has 0 fully saturated rings. The van der Waals surface area contributed by atoms with Crippen LogP contribution in [-0.2, 0) is 10.0 Å². The van der Waals surface area contributed by atoms with Crippen molar-refractivity contribution >= 4 is 26.0 Å². The zero-order valence-corrected chi connectivity index (χ0v) is 11.5. The molecular weight excluding hydrogens is 266 g/mol. The van der Waals surface area contributed by atoms with Crippen molar-refractivity contribution in [2.45, 2.75) is 27.2 Å². The van der Waals surface area contributed by atoms with Crippen LogP contribution in [0.5, 0.6) is 0 Å². The SMILES string of the molecule is CC(C)CCS(=O)(=O)NCC(C)CBr. The van der Waals surface area contributed by atoms with Gasteiger partial charge in [-0.25, -0.2) is 13.1 Å². The molecule has 0 heterocycles. The van der Waals surface area contributed by atoms with Gasteiger partial charge in [0.2, 0.25) is 10.0 Å². The second-order valence-electron chi connectivity index (χ2n) is 4.11. The van der Waals surface area contributed by atoms with Gasteiger partial charge >= 0.3 is 0 Å². The van der Waals surface area contributed by atoms with Gasteiger partial charge in [0.15, 0.2) is 0 Å². The zero-order valence-electron chi connectivity index (χ0n) is 9.09. The Morgan fingerprint density at radius 1 is 1.29 bits per heavy atom. The molecule has 0 aliphatic heterocycles. The first-order valence-corrected chi connectivity index (χ1v) is 7.68. The third kappa shape index (κ3) is 7.76. The molecule has 14 heavy (non-hydrogen) atoms. The van der Waals surface area contributed by atoms with E-state index in [-0.39, 0.29) is 5.75 Å². The van der Waals surface area contributed by atoms with Crippen LogP contribution in [0.1, 0.15) is 27.2 Å². The van der Waals surface area contributed by atoms with Gasteiger partial charge in [0.05, 0.1) is 5.75 Å². The van der Waals surface area contributed by atoms with Gasteiger partial charge in [0, 0.05) is 11.9 Å². The van der Waals surface area contributed by atoms with Crippen molar-refractivity contribution in [3.05, 3.63) is 0 Å². The Hall–Kier alpha value is 0.390. The lowest BCUT2D eigenvalue weighted by molar-refractivity contribution is 0.548. The van der Waals surface area contributed by atoms with Crippen LogP contribution in [0.4, 0.5) is 0 Å². The summed E-state index contributed by atoms with van der Waals surface area (Å²) in [6.07, 6.45) is 0.720. The Morgan fingerprint density at radius 2 is 1.86 bits per heavy atom. The van der Waals surface area contributed by atoms with Gasteiger partial charge < -0.3 is 0 Å². The Kier molecular flexibility index (Phi) is 6.99. The summed E-state index contributed by atoms with van der Waals surface area (Å²) < 4.78 is 25.5. The van der Waals surface area contributed by atoms with Crippen molar-refractivity contribution in [3.63, 3.8) is 0 Å². The summed E-state index contributed by atoms with van der Waals surface area (Å²) in [6, 6.07) is 0. The van der Waals surface area contributed by atoms with E-state index in [4.69, 9.17) is 0 Å². The lowest BCUT2D eigenvalue weighted by Crippen LogP contribution is -2.31. The maximum atomic E-state index is 11.4. The first kappa shape index (κ1) is 14.4. The molecule has 0 aromatic carbocycles. The van der Waals surface area contributed by atoms with Crippen LogP contribution < -0.4 is 4.72 Å². The summed E-state index contributed by atoms with van der Waals surface area (Å²) in [5.41, 5.74) is 0. The summed E-state index contributed by atoms with van der Waals surface area (Å²) in [7, 11) is -3.05. The molecular formula is C9H20BrNO2S. The first-order valence-electron chi connectivity index (χ1n) is 4.90. The van der Waals surface area contributed by atoms with Crippen molar-refractivity contribution in [1.29, 1.82) is 0 Å². The zero-order chi connectivity index (χ0) is 11.2. The van der Waals surface area contributed by atoms with Gasteiger partial charge in [-0.2, -0.15) is 0 Å². The van der Waals surface area contributed by atoms with Crippen molar-refractivity contribution in [1.82, 2.24) is 4.72 Å². The monoisotopic (exact) mass is 285 g/mol. The number of hydrogen-bond donors (Lipinski definition) is 1. The molecule has 86 valence electrons. The molecule has 1 atom stereocenters. The van der Waals surface area contributed by atoms with E-state index in [0.29, 0.717) is 18.4 Å². The number of halogens is 1. The van der Waals surface area contributed by atoms with Crippen LogP contribution >= 0.6 is 15.9 Å². The summed E-state index contributed by atoms with van der Waals surface area (Å²) in [4.78, 5) is 0. The second-order valence-corrected chi connectivity index (χ2v) is 6.68. The fourth-order valence-electron chi connectivity index (χ4n) is 0.787. The molecule has 0 aliphatic carbocycles. The molecule has 0 amide bonds. The van der Waals surface area contributed by atoms with Crippen molar-refractivity contribution in [2.24, 2.45) is 11.8 Å². The van der Waals surface area contributed by atoms with Gasteiger partial charge in [-0.15, -0.1) is 0 Å². The highest BCUT2D eigenvalue weighted by atomic mass is 79.9. The number of sulfonamides is 1. The third-order valence-corrected chi connectivity index (χ3v) is 4.36. The topological polar surface area (TPSA) is 46.2 Å². The summed E-state index contributed by atoms with van der Waals surface area (Å²) in [5.74, 6) is 1.00. The van der Waals surface area contributed by atoms with Crippen LogP contribution in [0, 0.1) is 11.8 Å². The van der Waals surface area contributed by atoms with E-state index in [1.165, 1.54) is 0 Å². The fraction of sp³-hybridized carbons (Fsp3) is 1.00. The Bertz CT molecular complexity index is 239. The average molecular weight is 286 g/mol. The molecule has 0 saturated heterocycles. The minimum Gasteiger partial charge on any atom is -0.215 e.